The Morgan fingerprint density at radius 1 is 0.929 bits per heavy atom. The molecule has 2 aromatic rings. The summed E-state index contributed by atoms with van der Waals surface area (Å²) >= 11 is 0. The number of quaternary nitrogens is 1. The van der Waals surface area contributed by atoms with Crippen LogP contribution in [0.4, 0.5) is 0 Å². The van der Waals surface area contributed by atoms with Crippen LogP contribution in [0.25, 0.3) is 0 Å². The Balaban J connectivity index is 0.00000225. The van der Waals surface area contributed by atoms with Crippen molar-refractivity contribution in [3.05, 3.63) is 70.8 Å². The number of piperidine rings is 3. The van der Waals surface area contributed by atoms with Gasteiger partial charge < -0.3 is 27.1 Å². The molecule has 3 nitrogen and oxygen atoms in total. The summed E-state index contributed by atoms with van der Waals surface area (Å²) in [6, 6.07) is 16.6. The van der Waals surface area contributed by atoms with E-state index in [1.165, 1.54) is 0 Å². The van der Waals surface area contributed by atoms with Gasteiger partial charge in [0.05, 0.1) is 26.2 Å². The second-order valence-electron chi connectivity index (χ2n) is 8.76. The van der Waals surface area contributed by atoms with E-state index in [0.29, 0.717) is 5.92 Å². The topological polar surface area (TPSA) is 40.5 Å². The predicted molar refractivity (Wildman–Crippen MR) is 108 cm³/mol. The summed E-state index contributed by atoms with van der Waals surface area (Å²) in [5.74, 6) is 0.710. The highest BCUT2D eigenvalue weighted by atomic mass is 35.5. The Morgan fingerprint density at radius 2 is 1.43 bits per heavy atom. The lowest BCUT2D eigenvalue weighted by Crippen LogP contribution is -3.00. The first-order chi connectivity index (χ1) is 13.0. The van der Waals surface area contributed by atoms with Crippen molar-refractivity contribution in [1.29, 1.82) is 0 Å². The summed E-state index contributed by atoms with van der Waals surface area (Å²) in [4.78, 5) is 0. The van der Waals surface area contributed by atoms with Crippen LogP contribution < -0.4 is 12.4 Å². The third-order valence-electron chi connectivity index (χ3n) is 7.32. The molecular weight excluding hydrogens is 370 g/mol. The van der Waals surface area contributed by atoms with Gasteiger partial charge in [0.15, 0.2) is 0 Å². The van der Waals surface area contributed by atoms with Crippen molar-refractivity contribution in [2.75, 3.05) is 32.8 Å². The second-order valence-corrected chi connectivity index (χ2v) is 8.76. The van der Waals surface area contributed by atoms with Gasteiger partial charge in [-0.25, -0.2) is 0 Å². The molecule has 3 saturated heterocycles. The van der Waals surface area contributed by atoms with Crippen molar-refractivity contribution in [2.45, 2.75) is 32.3 Å². The zero-order valence-electron chi connectivity index (χ0n) is 16.9. The van der Waals surface area contributed by atoms with Crippen LogP contribution in [-0.4, -0.2) is 47.5 Å². The molecule has 28 heavy (non-hydrogen) atoms. The van der Waals surface area contributed by atoms with Gasteiger partial charge >= 0.3 is 0 Å². The average Bonchev–Trinajstić information content (AvgIpc) is 2.69. The number of hydrogen-bond donors (Lipinski definition) is 2. The number of rotatable bonds is 5. The zero-order chi connectivity index (χ0) is 19.1. The van der Waals surface area contributed by atoms with Crippen molar-refractivity contribution in [2.24, 2.45) is 11.8 Å². The number of benzene rings is 2. The molecule has 5 rings (SSSR count). The molecule has 0 radical (unpaired) electrons. The number of aryl methyl sites for hydroxylation is 2. The Bertz CT molecular complexity index is 763. The summed E-state index contributed by atoms with van der Waals surface area (Å²) < 4.78 is 0.956. The van der Waals surface area contributed by atoms with E-state index in [9.17, 15) is 10.2 Å². The van der Waals surface area contributed by atoms with Gasteiger partial charge in [0, 0.05) is 18.8 Å². The summed E-state index contributed by atoms with van der Waals surface area (Å²) in [5, 5.41) is 22.1. The summed E-state index contributed by atoms with van der Waals surface area (Å²) in [6.07, 6.45) is 2.29. The first-order valence-electron chi connectivity index (χ1n) is 10.3. The van der Waals surface area contributed by atoms with E-state index >= 15 is 0 Å². The highest BCUT2D eigenvalue weighted by Gasteiger charge is 2.55. The van der Waals surface area contributed by atoms with Gasteiger partial charge in [-0.1, -0.05) is 48.5 Å². The van der Waals surface area contributed by atoms with Crippen molar-refractivity contribution in [1.82, 2.24) is 0 Å². The van der Waals surface area contributed by atoms with Crippen LogP contribution in [0.2, 0.25) is 0 Å². The number of fused-ring (bicyclic) bond motifs is 3. The molecule has 3 heterocycles. The molecule has 152 valence electrons. The van der Waals surface area contributed by atoms with Gasteiger partial charge in [0.25, 0.3) is 0 Å². The van der Waals surface area contributed by atoms with Crippen molar-refractivity contribution in [3.63, 3.8) is 0 Å². The van der Waals surface area contributed by atoms with Gasteiger partial charge in [-0.15, -0.1) is 0 Å². The van der Waals surface area contributed by atoms with Crippen molar-refractivity contribution < 1.29 is 27.1 Å². The molecule has 0 aromatic heterocycles. The molecule has 3 fully saturated rings. The maximum Gasteiger partial charge on any atom is 0.124 e. The number of halogens is 1. The van der Waals surface area contributed by atoms with Gasteiger partial charge in [0.1, 0.15) is 12.1 Å². The lowest BCUT2D eigenvalue weighted by atomic mass is 9.63. The van der Waals surface area contributed by atoms with Crippen LogP contribution in [0, 0.1) is 25.7 Å². The number of hydrogen-bond acceptors (Lipinski definition) is 2. The molecule has 2 bridgehead atoms. The Hall–Kier alpha value is -1.39. The second kappa shape index (κ2) is 8.16. The highest BCUT2D eigenvalue weighted by Crippen LogP contribution is 2.50. The molecule has 1 unspecified atom stereocenters. The molecule has 3 aliphatic rings. The van der Waals surface area contributed by atoms with E-state index in [1.807, 2.05) is 24.3 Å². The minimum absolute atomic E-state index is 0. The standard InChI is InChI=1S/C24H32NO2.ClH/c1-18-7-3-5-9-21(18)24(27,22-10-6-4-8-19(22)2)23-17-25(15-16-26)13-11-20(23)12-14-25;/h3-10,20,23,26-27H,11-17H2,1-2H3;1H/q+1;/p-1. The van der Waals surface area contributed by atoms with E-state index in [-0.39, 0.29) is 24.9 Å². The number of aliphatic hydroxyl groups is 2. The molecular formula is C24H32ClNO2. The van der Waals surface area contributed by atoms with Crippen LogP contribution >= 0.6 is 0 Å². The Kier molecular flexibility index (Phi) is 6.21. The van der Waals surface area contributed by atoms with Crippen LogP contribution in [0.3, 0.4) is 0 Å². The van der Waals surface area contributed by atoms with Gasteiger partial charge in [-0.05, 0) is 42.0 Å². The molecule has 0 aliphatic carbocycles. The number of aliphatic hydroxyl groups excluding tert-OH is 1. The van der Waals surface area contributed by atoms with Crippen LogP contribution in [0.1, 0.15) is 35.1 Å². The third-order valence-corrected chi connectivity index (χ3v) is 7.32. The fourth-order valence-electron chi connectivity index (χ4n) is 5.83. The largest absolute Gasteiger partial charge is 1.00 e. The van der Waals surface area contributed by atoms with Crippen molar-refractivity contribution >= 4 is 0 Å². The maximum absolute atomic E-state index is 12.5. The van der Waals surface area contributed by atoms with Gasteiger partial charge in [-0.2, -0.15) is 0 Å². The third kappa shape index (κ3) is 3.39. The molecule has 0 saturated carbocycles. The molecule has 0 spiro atoms. The smallest absolute Gasteiger partial charge is 0.124 e. The summed E-state index contributed by atoms with van der Waals surface area (Å²) in [5.41, 5.74) is 3.39. The summed E-state index contributed by atoms with van der Waals surface area (Å²) in [6.45, 7) is 8.48. The highest BCUT2D eigenvalue weighted by molar-refractivity contribution is 5.45. The Labute approximate surface area is 175 Å². The van der Waals surface area contributed by atoms with Crippen molar-refractivity contribution in [3.8, 4) is 0 Å². The van der Waals surface area contributed by atoms with Crippen LogP contribution in [0.5, 0.6) is 0 Å². The monoisotopic (exact) mass is 401 g/mol. The lowest BCUT2D eigenvalue weighted by molar-refractivity contribution is -0.948. The van der Waals surface area contributed by atoms with Gasteiger partial charge in [-0.3, -0.25) is 0 Å². The van der Waals surface area contributed by atoms with E-state index in [1.54, 1.807) is 0 Å². The predicted octanol–water partition coefficient (Wildman–Crippen LogP) is 0.392. The lowest BCUT2D eigenvalue weighted by Gasteiger charge is -2.56. The normalized spacial score (nSPS) is 26.7. The minimum Gasteiger partial charge on any atom is -1.00 e. The zero-order valence-corrected chi connectivity index (χ0v) is 17.7. The first kappa shape index (κ1) is 21.3. The minimum atomic E-state index is -0.985. The number of nitrogens with zero attached hydrogens (tertiary/aromatic N) is 1. The van der Waals surface area contributed by atoms with Crippen LogP contribution in [0.15, 0.2) is 48.5 Å². The molecule has 2 N–H and O–H groups in total. The van der Waals surface area contributed by atoms with E-state index in [2.05, 4.69) is 38.1 Å². The van der Waals surface area contributed by atoms with Gasteiger partial charge in [0.2, 0.25) is 0 Å². The fraction of sp³-hybridized carbons (Fsp3) is 0.500. The Morgan fingerprint density at radius 3 is 1.89 bits per heavy atom. The molecule has 3 aliphatic heterocycles. The van der Waals surface area contributed by atoms with E-state index in [4.69, 9.17) is 0 Å². The molecule has 2 aromatic carbocycles. The molecule has 4 heteroatoms. The first-order valence-corrected chi connectivity index (χ1v) is 10.3. The molecule has 1 atom stereocenters. The quantitative estimate of drug-likeness (QED) is 0.712. The summed E-state index contributed by atoms with van der Waals surface area (Å²) in [7, 11) is 0. The SMILES string of the molecule is Cc1ccccc1C(O)(c1ccccc1C)C1C[N+]2(CCO)CCC1CC2.[Cl-]. The van der Waals surface area contributed by atoms with E-state index < -0.39 is 5.60 Å². The average molecular weight is 402 g/mol. The maximum atomic E-state index is 12.5. The van der Waals surface area contributed by atoms with E-state index in [0.717, 1.165) is 65.8 Å². The molecule has 0 amide bonds. The fourth-order valence-corrected chi connectivity index (χ4v) is 5.83. The van der Waals surface area contributed by atoms with Crippen LogP contribution in [-0.2, 0) is 5.60 Å².